The van der Waals surface area contributed by atoms with Crippen LogP contribution in [-0.4, -0.2) is 40.4 Å². The Kier molecular flexibility index (Phi) is 4.97. The molecule has 1 aromatic heterocycles. The van der Waals surface area contributed by atoms with Gasteiger partial charge in [-0.15, -0.1) is 0 Å². The van der Waals surface area contributed by atoms with E-state index in [0.29, 0.717) is 22.6 Å². The molecule has 3 rings (SSSR count). The number of amides is 1. The van der Waals surface area contributed by atoms with Crippen molar-refractivity contribution in [1.82, 2.24) is 15.3 Å². The van der Waals surface area contributed by atoms with Crippen molar-refractivity contribution in [2.75, 3.05) is 13.2 Å². The molecule has 1 saturated heterocycles. The number of rotatable bonds is 5. The Bertz CT molecular complexity index is 756. The van der Waals surface area contributed by atoms with Gasteiger partial charge in [0.25, 0.3) is 5.56 Å². The SMILES string of the molecule is C[C@@H](Sc1nc2ccccc2c(=O)[nH]1)C(=O)NC[C@@H]1CCCO1. The first-order valence-corrected chi connectivity index (χ1v) is 8.56. The smallest absolute Gasteiger partial charge is 0.259 e. The first-order chi connectivity index (χ1) is 11.1. The number of aromatic nitrogens is 2. The van der Waals surface area contributed by atoms with Crippen LogP contribution in [0.4, 0.5) is 0 Å². The number of para-hydroxylation sites is 1. The highest BCUT2D eigenvalue weighted by Gasteiger charge is 2.20. The number of benzene rings is 1. The largest absolute Gasteiger partial charge is 0.376 e. The van der Waals surface area contributed by atoms with Crippen molar-refractivity contribution in [3.05, 3.63) is 34.6 Å². The molecular weight excluding hydrogens is 314 g/mol. The van der Waals surface area contributed by atoms with Crippen LogP contribution in [0.3, 0.4) is 0 Å². The molecule has 0 saturated carbocycles. The van der Waals surface area contributed by atoms with Gasteiger partial charge in [0.1, 0.15) is 0 Å². The topological polar surface area (TPSA) is 84.1 Å². The molecule has 23 heavy (non-hydrogen) atoms. The maximum absolute atomic E-state index is 12.1. The highest BCUT2D eigenvalue weighted by atomic mass is 32.2. The summed E-state index contributed by atoms with van der Waals surface area (Å²) in [5, 5.41) is 3.55. The lowest BCUT2D eigenvalue weighted by Crippen LogP contribution is -2.36. The molecule has 2 N–H and O–H groups in total. The molecule has 1 amide bonds. The number of ether oxygens (including phenoxy) is 1. The number of nitrogens with one attached hydrogen (secondary N) is 2. The van der Waals surface area contributed by atoms with Gasteiger partial charge < -0.3 is 15.0 Å². The average Bonchev–Trinajstić information content (AvgIpc) is 3.06. The van der Waals surface area contributed by atoms with Gasteiger partial charge in [-0.2, -0.15) is 0 Å². The fraction of sp³-hybridized carbons (Fsp3) is 0.438. The minimum Gasteiger partial charge on any atom is -0.376 e. The Morgan fingerprint density at radius 1 is 1.52 bits per heavy atom. The lowest BCUT2D eigenvalue weighted by molar-refractivity contribution is -0.120. The second-order valence-electron chi connectivity index (χ2n) is 5.53. The van der Waals surface area contributed by atoms with Gasteiger partial charge in [-0.1, -0.05) is 23.9 Å². The summed E-state index contributed by atoms with van der Waals surface area (Å²) >= 11 is 1.24. The number of fused-ring (bicyclic) bond motifs is 1. The lowest BCUT2D eigenvalue weighted by Gasteiger charge is -2.14. The molecule has 0 spiro atoms. The Labute approximate surface area is 138 Å². The molecule has 0 aliphatic carbocycles. The second-order valence-corrected chi connectivity index (χ2v) is 6.86. The molecule has 6 nitrogen and oxygen atoms in total. The van der Waals surface area contributed by atoms with E-state index in [1.54, 1.807) is 25.1 Å². The van der Waals surface area contributed by atoms with Crippen molar-refractivity contribution in [2.45, 2.75) is 36.3 Å². The van der Waals surface area contributed by atoms with E-state index in [0.717, 1.165) is 19.4 Å². The summed E-state index contributed by atoms with van der Waals surface area (Å²) in [5.41, 5.74) is 0.441. The molecule has 1 fully saturated rings. The van der Waals surface area contributed by atoms with Gasteiger partial charge in [0, 0.05) is 13.2 Å². The van der Waals surface area contributed by atoms with Crippen molar-refractivity contribution in [3.8, 4) is 0 Å². The number of nitrogens with zero attached hydrogens (tertiary/aromatic N) is 1. The normalized spacial score (nSPS) is 18.9. The van der Waals surface area contributed by atoms with Crippen molar-refractivity contribution in [1.29, 1.82) is 0 Å². The van der Waals surface area contributed by atoms with E-state index in [-0.39, 0.29) is 22.8 Å². The van der Waals surface area contributed by atoms with E-state index in [1.165, 1.54) is 11.8 Å². The fourth-order valence-electron chi connectivity index (χ4n) is 2.51. The van der Waals surface area contributed by atoms with Gasteiger partial charge >= 0.3 is 0 Å². The molecular formula is C16H19N3O3S. The van der Waals surface area contributed by atoms with Crippen LogP contribution in [0.2, 0.25) is 0 Å². The summed E-state index contributed by atoms with van der Waals surface area (Å²) < 4.78 is 5.48. The predicted octanol–water partition coefficient (Wildman–Crippen LogP) is 1.70. The summed E-state index contributed by atoms with van der Waals surface area (Å²) in [7, 11) is 0. The first kappa shape index (κ1) is 16.0. The van der Waals surface area contributed by atoms with Crippen molar-refractivity contribution in [2.24, 2.45) is 0 Å². The molecule has 122 valence electrons. The molecule has 7 heteroatoms. The number of aromatic amines is 1. The zero-order valence-corrected chi connectivity index (χ0v) is 13.7. The van der Waals surface area contributed by atoms with Crippen LogP contribution in [0.5, 0.6) is 0 Å². The maximum Gasteiger partial charge on any atom is 0.259 e. The number of carbonyl (C=O) groups excluding carboxylic acids is 1. The Morgan fingerprint density at radius 2 is 2.35 bits per heavy atom. The number of thioether (sulfide) groups is 1. The zero-order chi connectivity index (χ0) is 16.2. The first-order valence-electron chi connectivity index (χ1n) is 7.68. The molecule has 1 aromatic carbocycles. The summed E-state index contributed by atoms with van der Waals surface area (Å²) in [6.45, 7) is 3.10. The standard InChI is InChI=1S/C16H19N3O3S/c1-10(14(20)17-9-11-5-4-8-22-11)23-16-18-13-7-3-2-6-12(13)15(21)19-16/h2-3,6-7,10-11H,4-5,8-9H2,1H3,(H,17,20)(H,18,19,21)/t10-,11+/m1/s1. The molecule has 2 aromatic rings. The molecule has 1 aliphatic rings. The fourth-order valence-corrected chi connectivity index (χ4v) is 3.33. The Hall–Kier alpha value is -1.86. The second kappa shape index (κ2) is 7.14. The average molecular weight is 333 g/mol. The van der Waals surface area contributed by atoms with Crippen molar-refractivity contribution < 1.29 is 9.53 Å². The highest BCUT2D eigenvalue weighted by molar-refractivity contribution is 8.00. The monoisotopic (exact) mass is 333 g/mol. The van der Waals surface area contributed by atoms with Crippen LogP contribution in [0, 0.1) is 0 Å². The number of carbonyl (C=O) groups is 1. The minimum atomic E-state index is -0.347. The van der Waals surface area contributed by atoms with Gasteiger partial charge in [-0.3, -0.25) is 9.59 Å². The van der Waals surface area contributed by atoms with Gasteiger partial charge in [-0.05, 0) is 31.9 Å². The lowest BCUT2D eigenvalue weighted by atomic mass is 10.2. The van der Waals surface area contributed by atoms with E-state index >= 15 is 0 Å². The van der Waals surface area contributed by atoms with Crippen molar-refractivity contribution >= 4 is 28.6 Å². The van der Waals surface area contributed by atoms with Gasteiger partial charge in [0.15, 0.2) is 5.16 Å². The van der Waals surface area contributed by atoms with Crippen molar-refractivity contribution in [3.63, 3.8) is 0 Å². The van der Waals surface area contributed by atoms with E-state index in [4.69, 9.17) is 4.74 Å². The molecule has 2 atom stereocenters. The third kappa shape index (κ3) is 3.92. The van der Waals surface area contributed by atoms with Crippen LogP contribution in [0.15, 0.2) is 34.2 Å². The molecule has 2 heterocycles. The van der Waals surface area contributed by atoms with E-state index < -0.39 is 0 Å². The highest BCUT2D eigenvalue weighted by Crippen LogP contribution is 2.20. The summed E-state index contributed by atoms with van der Waals surface area (Å²) in [6.07, 6.45) is 2.16. The molecule has 0 radical (unpaired) electrons. The Morgan fingerprint density at radius 3 is 3.13 bits per heavy atom. The quantitative estimate of drug-likeness (QED) is 0.643. The van der Waals surface area contributed by atoms with Gasteiger partial charge in [0.05, 0.1) is 22.3 Å². The van der Waals surface area contributed by atoms with Gasteiger partial charge in [0.2, 0.25) is 5.91 Å². The Balaban J connectivity index is 1.63. The van der Waals surface area contributed by atoms with Gasteiger partial charge in [-0.25, -0.2) is 4.98 Å². The van der Waals surface area contributed by atoms with Crippen LogP contribution in [0.1, 0.15) is 19.8 Å². The van der Waals surface area contributed by atoms with Crippen LogP contribution in [0.25, 0.3) is 10.9 Å². The summed E-state index contributed by atoms with van der Waals surface area (Å²) in [6, 6.07) is 7.15. The summed E-state index contributed by atoms with van der Waals surface area (Å²) in [5.74, 6) is -0.0821. The van der Waals surface area contributed by atoms with Crippen LogP contribution < -0.4 is 10.9 Å². The predicted molar refractivity (Wildman–Crippen MR) is 89.7 cm³/mol. The third-order valence-electron chi connectivity index (χ3n) is 3.78. The zero-order valence-electron chi connectivity index (χ0n) is 12.9. The van der Waals surface area contributed by atoms with Crippen LogP contribution in [-0.2, 0) is 9.53 Å². The maximum atomic E-state index is 12.1. The summed E-state index contributed by atoms with van der Waals surface area (Å²) in [4.78, 5) is 31.3. The van der Waals surface area contributed by atoms with E-state index in [1.807, 2.05) is 6.07 Å². The minimum absolute atomic E-state index is 0.0821. The molecule has 1 aliphatic heterocycles. The third-order valence-corrected chi connectivity index (χ3v) is 4.76. The van der Waals surface area contributed by atoms with Crippen LogP contribution >= 0.6 is 11.8 Å². The molecule has 0 unspecified atom stereocenters. The number of H-pyrrole nitrogens is 1. The number of hydrogen-bond donors (Lipinski definition) is 2. The number of hydrogen-bond acceptors (Lipinski definition) is 5. The van der Waals surface area contributed by atoms with E-state index in [9.17, 15) is 9.59 Å². The van der Waals surface area contributed by atoms with E-state index in [2.05, 4.69) is 15.3 Å². The molecule has 0 bridgehead atoms.